The van der Waals surface area contributed by atoms with E-state index in [9.17, 15) is 0 Å². The molecule has 2 N–H and O–H groups in total. The molecule has 5 nitrogen and oxygen atoms in total. The Morgan fingerprint density at radius 3 is 2.90 bits per heavy atom. The Balaban J connectivity index is 2.13. The zero-order valence-electron chi connectivity index (χ0n) is 12.7. The minimum atomic E-state index is 0.119. The van der Waals surface area contributed by atoms with Crippen LogP contribution in [0.25, 0.3) is 0 Å². The second-order valence-electron chi connectivity index (χ2n) is 5.76. The Hall–Kier alpha value is -1.36. The van der Waals surface area contributed by atoms with Gasteiger partial charge in [0.1, 0.15) is 12.1 Å². The number of nitrogens with zero attached hydrogens (tertiary/aromatic N) is 3. The van der Waals surface area contributed by atoms with Crippen molar-refractivity contribution in [2.24, 2.45) is 11.7 Å². The molecule has 1 aromatic rings. The normalized spacial score (nSPS) is 23.1. The van der Waals surface area contributed by atoms with E-state index in [1.807, 2.05) is 19.9 Å². The molecule has 2 rings (SSSR count). The third-order valence-electron chi connectivity index (χ3n) is 3.95. The van der Waals surface area contributed by atoms with E-state index in [1.165, 1.54) is 12.8 Å². The summed E-state index contributed by atoms with van der Waals surface area (Å²) in [6.45, 7) is 7.93. The Morgan fingerprint density at radius 2 is 2.25 bits per heavy atom. The lowest BCUT2D eigenvalue weighted by molar-refractivity contribution is 0.232. The highest BCUT2D eigenvalue weighted by Gasteiger charge is 2.27. The lowest BCUT2D eigenvalue weighted by Crippen LogP contribution is -2.47. The first-order chi connectivity index (χ1) is 9.63. The van der Waals surface area contributed by atoms with Crippen molar-refractivity contribution in [2.75, 3.05) is 18.0 Å². The molecule has 1 aliphatic rings. The first-order valence-corrected chi connectivity index (χ1v) is 7.59. The molecular formula is C15H26N4O. The molecule has 20 heavy (non-hydrogen) atoms. The fourth-order valence-electron chi connectivity index (χ4n) is 2.82. The van der Waals surface area contributed by atoms with Gasteiger partial charge < -0.3 is 15.4 Å². The van der Waals surface area contributed by atoms with Crippen LogP contribution in [0.1, 0.15) is 40.0 Å². The molecule has 1 aromatic heterocycles. The average molecular weight is 278 g/mol. The third-order valence-corrected chi connectivity index (χ3v) is 3.95. The van der Waals surface area contributed by atoms with E-state index in [0.29, 0.717) is 18.5 Å². The van der Waals surface area contributed by atoms with Crippen LogP contribution in [-0.2, 0) is 0 Å². The topological polar surface area (TPSA) is 64.3 Å². The van der Waals surface area contributed by atoms with Crippen LogP contribution in [0.4, 0.5) is 5.82 Å². The molecule has 2 atom stereocenters. The first kappa shape index (κ1) is 15.0. The highest BCUT2D eigenvalue weighted by Crippen LogP contribution is 2.29. The molecule has 2 heterocycles. The summed E-state index contributed by atoms with van der Waals surface area (Å²) in [7, 11) is 0. The van der Waals surface area contributed by atoms with E-state index in [2.05, 4.69) is 21.8 Å². The summed E-state index contributed by atoms with van der Waals surface area (Å²) < 4.78 is 5.65. The number of ether oxygens (including phenoxy) is 1. The Morgan fingerprint density at radius 1 is 1.45 bits per heavy atom. The smallest absolute Gasteiger partial charge is 0.218 e. The van der Waals surface area contributed by atoms with E-state index < -0.39 is 0 Å². The number of piperidine rings is 1. The van der Waals surface area contributed by atoms with E-state index in [1.54, 1.807) is 6.33 Å². The number of rotatable bonds is 5. The summed E-state index contributed by atoms with van der Waals surface area (Å²) in [5.41, 5.74) is 5.95. The molecule has 0 amide bonds. The van der Waals surface area contributed by atoms with E-state index in [4.69, 9.17) is 10.5 Å². The van der Waals surface area contributed by atoms with Gasteiger partial charge in [0.2, 0.25) is 5.88 Å². The van der Waals surface area contributed by atoms with Crippen molar-refractivity contribution in [3.05, 3.63) is 12.4 Å². The van der Waals surface area contributed by atoms with E-state index in [0.717, 1.165) is 24.7 Å². The van der Waals surface area contributed by atoms with Crippen molar-refractivity contribution in [2.45, 2.75) is 52.2 Å². The molecule has 0 aromatic carbocycles. The lowest BCUT2D eigenvalue weighted by atomic mass is 9.89. The predicted molar refractivity (Wildman–Crippen MR) is 81.0 cm³/mol. The summed E-state index contributed by atoms with van der Waals surface area (Å²) in [4.78, 5) is 10.9. The fraction of sp³-hybridized carbons (Fsp3) is 0.733. The number of nitrogens with two attached hydrogens (primary N) is 1. The third kappa shape index (κ3) is 3.60. The molecule has 2 unspecified atom stereocenters. The predicted octanol–water partition coefficient (Wildman–Crippen LogP) is 2.22. The van der Waals surface area contributed by atoms with Crippen LogP contribution in [0, 0.1) is 5.92 Å². The molecule has 5 heteroatoms. The summed E-state index contributed by atoms with van der Waals surface area (Å²) in [5, 5.41) is 0. The minimum absolute atomic E-state index is 0.119. The molecule has 0 spiro atoms. The van der Waals surface area contributed by atoms with Gasteiger partial charge in [-0.3, -0.25) is 0 Å². The maximum atomic E-state index is 5.95. The van der Waals surface area contributed by atoms with Crippen molar-refractivity contribution in [1.82, 2.24) is 9.97 Å². The van der Waals surface area contributed by atoms with Crippen molar-refractivity contribution in [1.29, 1.82) is 0 Å². The molecule has 0 radical (unpaired) electrons. The van der Waals surface area contributed by atoms with E-state index in [-0.39, 0.29) is 6.10 Å². The monoisotopic (exact) mass is 278 g/mol. The number of hydrogen-bond donors (Lipinski definition) is 1. The zero-order chi connectivity index (χ0) is 14.5. The second kappa shape index (κ2) is 6.88. The Kier molecular flexibility index (Phi) is 5.17. The van der Waals surface area contributed by atoms with E-state index >= 15 is 0 Å². The van der Waals surface area contributed by atoms with Crippen LogP contribution in [0.3, 0.4) is 0 Å². The van der Waals surface area contributed by atoms with Gasteiger partial charge in [-0.15, -0.1) is 0 Å². The molecule has 0 aliphatic carbocycles. The Labute approximate surface area is 121 Å². The van der Waals surface area contributed by atoms with Gasteiger partial charge in [0.15, 0.2) is 0 Å². The maximum absolute atomic E-state index is 5.95. The van der Waals surface area contributed by atoms with Gasteiger partial charge in [0, 0.05) is 25.2 Å². The van der Waals surface area contributed by atoms with Crippen molar-refractivity contribution >= 4 is 5.82 Å². The van der Waals surface area contributed by atoms with Crippen molar-refractivity contribution in [3.63, 3.8) is 0 Å². The standard InChI is InChI=1S/C15H26N4O/c1-4-12-5-6-19(13(7-12)9-16)14-8-15(18-10-17-14)20-11(2)3/h8,10-13H,4-7,9,16H2,1-3H3. The maximum Gasteiger partial charge on any atom is 0.218 e. The van der Waals surface area contributed by atoms with Gasteiger partial charge in [0.05, 0.1) is 6.10 Å². The number of anilines is 1. The van der Waals surface area contributed by atoms with Gasteiger partial charge in [-0.25, -0.2) is 9.97 Å². The summed E-state index contributed by atoms with van der Waals surface area (Å²) in [5.74, 6) is 2.35. The van der Waals surface area contributed by atoms with Crippen LogP contribution in [0.2, 0.25) is 0 Å². The molecular weight excluding hydrogens is 252 g/mol. The minimum Gasteiger partial charge on any atom is -0.475 e. The van der Waals surface area contributed by atoms with Crippen LogP contribution >= 0.6 is 0 Å². The number of hydrogen-bond acceptors (Lipinski definition) is 5. The molecule has 0 bridgehead atoms. The molecule has 1 saturated heterocycles. The van der Waals surface area contributed by atoms with Crippen molar-refractivity contribution in [3.8, 4) is 5.88 Å². The lowest BCUT2D eigenvalue weighted by Gasteiger charge is -2.39. The van der Waals surface area contributed by atoms with Gasteiger partial charge in [-0.1, -0.05) is 13.3 Å². The van der Waals surface area contributed by atoms with Crippen LogP contribution in [0.15, 0.2) is 12.4 Å². The molecule has 1 aliphatic heterocycles. The Bertz CT molecular complexity index is 424. The number of aromatic nitrogens is 2. The summed E-state index contributed by atoms with van der Waals surface area (Å²) >= 11 is 0. The van der Waals surface area contributed by atoms with Crippen molar-refractivity contribution < 1.29 is 4.74 Å². The fourth-order valence-corrected chi connectivity index (χ4v) is 2.82. The van der Waals surface area contributed by atoms with Crippen LogP contribution in [0.5, 0.6) is 5.88 Å². The quantitative estimate of drug-likeness (QED) is 0.894. The van der Waals surface area contributed by atoms with Gasteiger partial charge >= 0.3 is 0 Å². The largest absolute Gasteiger partial charge is 0.475 e. The highest BCUT2D eigenvalue weighted by molar-refractivity contribution is 5.42. The van der Waals surface area contributed by atoms with Gasteiger partial charge in [0.25, 0.3) is 0 Å². The second-order valence-corrected chi connectivity index (χ2v) is 5.76. The molecule has 0 saturated carbocycles. The molecule has 1 fully saturated rings. The zero-order valence-corrected chi connectivity index (χ0v) is 12.7. The van der Waals surface area contributed by atoms with Crippen LogP contribution < -0.4 is 15.4 Å². The van der Waals surface area contributed by atoms with Gasteiger partial charge in [-0.2, -0.15) is 0 Å². The van der Waals surface area contributed by atoms with Crippen LogP contribution in [-0.4, -0.2) is 35.2 Å². The highest BCUT2D eigenvalue weighted by atomic mass is 16.5. The average Bonchev–Trinajstić information content (AvgIpc) is 2.46. The summed E-state index contributed by atoms with van der Waals surface area (Å²) in [6, 6.07) is 2.30. The molecule has 112 valence electrons. The summed E-state index contributed by atoms with van der Waals surface area (Å²) in [6.07, 6.45) is 5.28. The first-order valence-electron chi connectivity index (χ1n) is 7.59. The SMILES string of the molecule is CCC1CCN(c2cc(OC(C)C)ncn2)C(CN)C1. The van der Waals surface area contributed by atoms with Gasteiger partial charge in [-0.05, 0) is 32.6 Å².